The summed E-state index contributed by atoms with van der Waals surface area (Å²) in [4.78, 5) is 7.84. The van der Waals surface area contributed by atoms with Gasteiger partial charge in [-0.05, 0) is 65.6 Å². The van der Waals surface area contributed by atoms with E-state index in [9.17, 15) is 5.11 Å². The number of halogens is 1. The molecule has 0 amide bonds. The lowest BCUT2D eigenvalue weighted by Gasteiger charge is -2.21. The Labute approximate surface area is 174 Å². The molecule has 0 aliphatic carbocycles. The fourth-order valence-corrected chi connectivity index (χ4v) is 2.97. The van der Waals surface area contributed by atoms with Crippen molar-refractivity contribution in [3.63, 3.8) is 0 Å². The third kappa shape index (κ3) is 9.77. The molecule has 1 atom stereocenters. The average molecular weight is 482 g/mol. The van der Waals surface area contributed by atoms with Gasteiger partial charge in [-0.3, -0.25) is 0 Å². The topological polar surface area (TPSA) is 59.9 Å². The Hall–Kier alpha value is -0.380. The lowest BCUT2D eigenvalue weighted by atomic mass is 10.1. The SMILES string of the molecule is CCNC(=NCC(C)(O)c1cccs1)NCCCCN(C)C(C)C.I. The van der Waals surface area contributed by atoms with Crippen LogP contribution in [0.3, 0.4) is 0 Å². The van der Waals surface area contributed by atoms with Crippen molar-refractivity contribution in [2.75, 3.05) is 33.2 Å². The van der Waals surface area contributed by atoms with Crippen LogP contribution in [0.25, 0.3) is 0 Å². The summed E-state index contributed by atoms with van der Waals surface area (Å²) in [6.45, 7) is 11.4. The molecule has 0 aliphatic heterocycles. The molecule has 0 bridgehead atoms. The number of unbranched alkanes of at least 4 members (excludes halogenated alkanes) is 1. The molecule has 1 aromatic heterocycles. The molecular weight excluding hydrogens is 447 g/mol. The molecular formula is C18H35IN4OS. The summed E-state index contributed by atoms with van der Waals surface area (Å²) < 4.78 is 0. The zero-order valence-electron chi connectivity index (χ0n) is 16.2. The maximum atomic E-state index is 10.6. The van der Waals surface area contributed by atoms with Crippen LogP contribution in [0, 0.1) is 0 Å². The Balaban J connectivity index is 0.00000576. The van der Waals surface area contributed by atoms with Gasteiger partial charge in [-0.2, -0.15) is 0 Å². The highest BCUT2D eigenvalue weighted by Crippen LogP contribution is 2.25. The van der Waals surface area contributed by atoms with Gasteiger partial charge in [-0.15, -0.1) is 35.3 Å². The zero-order chi connectivity index (χ0) is 18.0. The van der Waals surface area contributed by atoms with E-state index >= 15 is 0 Å². The van der Waals surface area contributed by atoms with E-state index in [1.54, 1.807) is 11.3 Å². The normalized spacial score (nSPS) is 14.3. The van der Waals surface area contributed by atoms with Crippen molar-refractivity contribution < 1.29 is 5.11 Å². The lowest BCUT2D eigenvalue weighted by Crippen LogP contribution is -2.39. The Bertz CT molecular complexity index is 477. The minimum Gasteiger partial charge on any atom is -0.383 e. The van der Waals surface area contributed by atoms with Crippen LogP contribution >= 0.6 is 35.3 Å². The molecule has 0 saturated heterocycles. The second-order valence-corrected chi connectivity index (χ2v) is 7.60. The standard InChI is InChI=1S/C18H34N4OS.HI/c1-6-19-17(20-11-7-8-12-22(5)15(2)3)21-14-18(4,23)16-10-9-13-24-16;/h9-10,13,15,23H,6-8,11-12,14H2,1-5H3,(H2,19,20,21);1H. The van der Waals surface area contributed by atoms with E-state index in [0.717, 1.165) is 43.3 Å². The van der Waals surface area contributed by atoms with Crippen LogP contribution in [-0.2, 0) is 5.60 Å². The fraction of sp³-hybridized carbons (Fsp3) is 0.722. The van der Waals surface area contributed by atoms with E-state index in [1.807, 2.05) is 31.4 Å². The first-order chi connectivity index (χ1) is 11.4. The predicted octanol–water partition coefficient (Wildman–Crippen LogP) is 3.25. The molecule has 5 nitrogen and oxygen atoms in total. The van der Waals surface area contributed by atoms with E-state index in [0.29, 0.717) is 12.6 Å². The number of hydrogen-bond acceptors (Lipinski definition) is 4. The maximum absolute atomic E-state index is 10.6. The molecule has 7 heteroatoms. The van der Waals surface area contributed by atoms with Gasteiger partial charge in [-0.1, -0.05) is 6.07 Å². The molecule has 25 heavy (non-hydrogen) atoms. The zero-order valence-corrected chi connectivity index (χ0v) is 19.4. The molecule has 1 aromatic rings. The molecule has 146 valence electrons. The number of guanidine groups is 1. The Kier molecular flexibility index (Phi) is 12.7. The van der Waals surface area contributed by atoms with Crippen LogP contribution in [-0.4, -0.2) is 55.2 Å². The monoisotopic (exact) mass is 482 g/mol. The first-order valence-corrected chi connectivity index (χ1v) is 9.73. The van der Waals surface area contributed by atoms with Crippen molar-refractivity contribution in [1.82, 2.24) is 15.5 Å². The van der Waals surface area contributed by atoms with Gasteiger partial charge in [0.15, 0.2) is 5.96 Å². The van der Waals surface area contributed by atoms with Crippen LogP contribution in [0.1, 0.15) is 45.4 Å². The number of rotatable bonds is 10. The van der Waals surface area contributed by atoms with E-state index in [2.05, 4.69) is 41.4 Å². The minimum absolute atomic E-state index is 0. The van der Waals surface area contributed by atoms with Gasteiger partial charge in [0.2, 0.25) is 0 Å². The summed E-state index contributed by atoms with van der Waals surface area (Å²) in [6, 6.07) is 4.50. The Morgan fingerprint density at radius 3 is 2.64 bits per heavy atom. The van der Waals surface area contributed by atoms with Crippen molar-refractivity contribution >= 4 is 41.3 Å². The minimum atomic E-state index is -0.920. The van der Waals surface area contributed by atoms with Crippen molar-refractivity contribution in [2.24, 2.45) is 4.99 Å². The van der Waals surface area contributed by atoms with E-state index in [4.69, 9.17) is 0 Å². The number of nitrogens with zero attached hydrogens (tertiary/aromatic N) is 2. The van der Waals surface area contributed by atoms with E-state index in [-0.39, 0.29) is 24.0 Å². The average Bonchev–Trinajstić information content (AvgIpc) is 3.07. The lowest BCUT2D eigenvalue weighted by molar-refractivity contribution is 0.0711. The van der Waals surface area contributed by atoms with Crippen molar-refractivity contribution in [2.45, 2.75) is 52.2 Å². The van der Waals surface area contributed by atoms with Gasteiger partial charge in [0.1, 0.15) is 5.60 Å². The van der Waals surface area contributed by atoms with Gasteiger partial charge in [-0.25, -0.2) is 4.99 Å². The van der Waals surface area contributed by atoms with Gasteiger partial charge in [0.05, 0.1) is 6.54 Å². The van der Waals surface area contributed by atoms with Gasteiger partial charge in [0.25, 0.3) is 0 Å². The molecule has 0 fully saturated rings. The Morgan fingerprint density at radius 1 is 1.36 bits per heavy atom. The van der Waals surface area contributed by atoms with E-state index in [1.165, 1.54) is 0 Å². The Morgan fingerprint density at radius 2 is 2.08 bits per heavy atom. The summed E-state index contributed by atoms with van der Waals surface area (Å²) in [7, 11) is 2.16. The van der Waals surface area contributed by atoms with Crippen LogP contribution in [0.15, 0.2) is 22.5 Å². The van der Waals surface area contributed by atoms with Crippen LogP contribution in [0.2, 0.25) is 0 Å². The molecule has 1 unspecified atom stereocenters. The van der Waals surface area contributed by atoms with Crippen molar-refractivity contribution in [1.29, 1.82) is 0 Å². The van der Waals surface area contributed by atoms with Crippen molar-refractivity contribution in [3.8, 4) is 0 Å². The summed E-state index contributed by atoms with van der Waals surface area (Å²) in [5.74, 6) is 0.770. The highest BCUT2D eigenvalue weighted by molar-refractivity contribution is 14.0. The van der Waals surface area contributed by atoms with Gasteiger partial charge in [0, 0.05) is 24.0 Å². The fourth-order valence-electron chi connectivity index (χ4n) is 2.19. The van der Waals surface area contributed by atoms with Crippen LogP contribution in [0.4, 0.5) is 0 Å². The maximum Gasteiger partial charge on any atom is 0.191 e. The predicted molar refractivity (Wildman–Crippen MR) is 120 cm³/mol. The molecule has 0 spiro atoms. The van der Waals surface area contributed by atoms with Crippen LogP contribution < -0.4 is 10.6 Å². The molecule has 0 radical (unpaired) electrons. The molecule has 3 N–H and O–H groups in total. The quantitative estimate of drug-likeness (QED) is 0.208. The van der Waals surface area contributed by atoms with Crippen molar-refractivity contribution in [3.05, 3.63) is 22.4 Å². The molecule has 1 rings (SSSR count). The molecule has 0 aliphatic rings. The summed E-state index contributed by atoms with van der Waals surface area (Å²) >= 11 is 1.56. The number of aliphatic hydroxyl groups is 1. The highest BCUT2D eigenvalue weighted by Gasteiger charge is 2.23. The largest absolute Gasteiger partial charge is 0.383 e. The smallest absolute Gasteiger partial charge is 0.191 e. The highest BCUT2D eigenvalue weighted by atomic mass is 127. The molecule has 0 saturated carbocycles. The van der Waals surface area contributed by atoms with E-state index < -0.39 is 5.60 Å². The number of nitrogens with one attached hydrogen (secondary N) is 2. The van der Waals surface area contributed by atoms with Gasteiger partial charge >= 0.3 is 0 Å². The summed E-state index contributed by atoms with van der Waals surface area (Å²) in [6.07, 6.45) is 2.26. The van der Waals surface area contributed by atoms with Gasteiger partial charge < -0.3 is 20.6 Å². The second-order valence-electron chi connectivity index (χ2n) is 6.65. The first kappa shape index (κ1) is 24.6. The number of thiophene rings is 1. The van der Waals surface area contributed by atoms with Crippen LogP contribution in [0.5, 0.6) is 0 Å². The summed E-state index contributed by atoms with van der Waals surface area (Å²) in [5, 5.41) is 19.1. The first-order valence-electron chi connectivity index (χ1n) is 8.85. The third-order valence-corrected chi connectivity index (χ3v) is 5.18. The molecule has 1 heterocycles. The molecule has 0 aromatic carbocycles. The number of aliphatic imine (C=N–C) groups is 1. The third-order valence-electron chi connectivity index (χ3n) is 4.05. The summed E-state index contributed by atoms with van der Waals surface area (Å²) in [5.41, 5.74) is -0.920. The number of hydrogen-bond donors (Lipinski definition) is 3. The second kappa shape index (κ2) is 12.9.